The summed E-state index contributed by atoms with van der Waals surface area (Å²) >= 11 is 0. The fourth-order valence-corrected chi connectivity index (χ4v) is 3.08. The summed E-state index contributed by atoms with van der Waals surface area (Å²) in [5.41, 5.74) is 6.73. The molecule has 2 atom stereocenters. The number of benzene rings is 1. The first-order valence-corrected chi connectivity index (χ1v) is 7.73. The molecule has 0 radical (unpaired) electrons. The van der Waals surface area contributed by atoms with Crippen LogP contribution in [0.1, 0.15) is 37.7 Å². The van der Waals surface area contributed by atoms with Crippen molar-refractivity contribution in [2.45, 2.75) is 44.7 Å². The maximum atomic E-state index is 12.6. The van der Waals surface area contributed by atoms with Crippen LogP contribution in [0.4, 0.5) is 5.69 Å². The second-order valence-corrected chi connectivity index (χ2v) is 5.99. The topological polar surface area (TPSA) is 89.5 Å². The Kier molecular flexibility index (Phi) is 5.49. The number of nitro benzene ring substituents is 1. The van der Waals surface area contributed by atoms with Gasteiger partial charge in [-0.1, -0.05) is 37.5 Å². The van der Waals surface area contributed by atoms with Gasteiger partial charge in [-0.3, -0.25) is 14.9 Å². The molecule has 0 bridgehead atoms. The molecule has 0 saturated heterocycles. The normalized spacial score (nSPS) is 21.9. The Morgan fingerprint density at radius 1 is 1.32 bits per heavy atom. The molecule has 2 N–H and O–H groups in total. The lowest BCUT2D eigenvalue weighted by Gasteiger charge is -2.26. The Balaban J connectivity index is 2.09. The van der Waals surface area contributed by atoms with Crippen molar-refractivity contribution in [3.63, 3.8) is 0 Å². The number of hydrogen-bond donors (Lipinski definition) is 1. The first-order valence-electron chi connectivity index (χ1n) is 7.73. The molecule has 0 unspecified atom stereocenters. The van der Waals surface area contributed by atoms with E-state index >= 15 is 0 Å². The highest BCUT2D eigenvalue weighted by Gasteiger charge is 2.29. The van der Waals surface area contributed by atoms with Gasteiger partial charge in [0.15, 0.2) is 0 Å². The Morgan fingerprint density at radius 2 is 2.00 bits per heavy atom. The summed E-state index contributed by atoms with van der Waals surface area (Å²) in [5.74, 6) is -0.178. The zero-order chi connectivity index (χ0) is 16.1. The van der Waals surface area contributed by atoms with Crippen LogP contribution < -0.4 is 5.73 Å². The van der Waals surface area contributed by atoms with E-state index in [1.54, 1.807) is 30.1 Å². The van der Waals surface area contributed by atoms with Crippen molar-refractivity contribution >= 4 is 11.6 Å². The predicted octanol–water partition coefficient (Wildman–Crippen LogP) is 2.46. The maximum absolute atomic E-state index is 12.6. The van der Waals surface area contributed by atoms with Gasteiger partial charge in [-0.05, 0) is 12.8 Å². The largest absolute Gasteiger partial charge is 0.341 e. The molecule has 0 aromatic heterocycles. The molecule has 6 nitrogen and oxygen atoms in total. The summed E-state index contributed by atoms with van der Waals surface area (Å²) < 4.78 is 0. The Hall–Kier alpha value is -1.95. The van der Waals surface area contributed by atoms with Crippen molar-refractivity contribution in [3.05, 3.63) is 39.9 Å². The molecule has 1 aromatic carbocycles. The van der Waals surface area contributed by atoms with E-state index in [4.69, 9.17) is 5.73 Å². The summed E-state index contributed by atoms with van der Waals surface area (Å²) in [4.78, 5) is 24.8. The number of carbonyl (C=O) groups excluding carboxylic acids is 1. The minimum absolute atomic E-state index is 0.00690. The van der Waals surface area contributed by atoms with Crippen molar-refractivity contribution in [3.8, 4) is 0 Å². The van der Waals surface area contributed by atoms with Gasteiger partial charge in [-0.15, -0.1) is 0 Å². The number of nitrogens with two attached hydrogens (primary N) is 1. The minimum Gasteiger partial charge on any atom is -0.341 e. The molecule has 6 heteroatoms. The van der Waals surface area contributed by atoms with Gasteiger partial charge >= 0.3 is 0 Å². The monoisotopic (exact) mass is 305 g/mol. The number of hydrogen-bond acceptors (Lipinski definition) is 4. The van der Waals surface area contributed by atoms with Gasteiger partial charge in [0.05, 0.1) is 17.4 Å². The Labute approximate surface area is 130 Å². The molecule has 1 saturated carbocycles. The third-order valence-corrected chi connectivity index (χ3v) is 4.36. The lowest BCUT2D eigenvalue weighted by molar-refractivity contribution is -0.385. The van der Waals surface area contributed by atoms with E-state index in [9.17, 15) is 14.9 Å². The highest BCUT2D eigenvalue weighted by molar-refractivity contribution is 5.79. The molecule has 0 heterocycles. The number of amides is 1. The SMILES string of the molecule is CN(Cc1ccccc1[N+](=O)[O-])C(=O)[C@@H]1CCCCC[C@H]1N. The van der Waals surface area contributed by atoms with Gasteiger partial charge in [0.2, 0.25) is 5.91 Å². The van der Waals surface area contributed by atoms with E-state index in [2.05, 4.69) is 0 Å². The smallest absolute Gasteiger partial charge is 0.274 e. The van der Waals surface area contributed by atoms with E-state index in [-0.39, 0.29) is 30.1 Å². The molecule has 0 spiro atoms. The zero-order valence-corrected chi connectivity index (χ0v) is 12.9. The van der Waals surface area contributed by atoms with Gasteiger partial charge in [0.25, 0.3) is 5.69 Å². The van der Waals surface area contributed by atoms with E-state index < -0.39 is 4.92 Å². The lowest BCUT2D eigenvalue weighted by atomic mass is 9.94. The highest BCUT2D eigenvalue weighted by atomic mass is 16.6. The molecule has 1 aliphatic carbocycles. The molecule has 2 rings (SSSR count). The van der Waals surface area contributed by atoms with E-state index in [1.807, 2.05) is 0 Å². The van der Waals surface area contributed by atoms with Crippen LogP contribution in [0.25, 0.3) is 0 Å². The molecule has 1 fully saturated rings. The van der Waals surface area contributed by atoms with E-state index in [0.717, 1.165) is 32.1 Å². The average Bonchev–Trinajstić information content (AvgIpc) is 2.71. The van der Waals surface area contributed by atoms with Crippen LogP contribution in [0.15, 0.2) is 24.3 Å². The van der Waals surface area contributed by atoms with E-state index in [1.165, 1.54) is 6.07 Å². The number of para-hydroxylation sites is 1. The first-order chi connectivity index (χ1) is 10.5. The summed E-state index contributed by atoms with van der Waals surface area (Å²) in [6.07, 6.45) is 4.88. The molecule has 120 valence electrons. The minimum atomic E-state index is -0.412. The Morgan fingerprint density at radius 3 is 2.73 bits per heavy atom. The van der Waals surface area contributed by atoms with Crippen LogP contribution in [0.2, 0.25) is 0 Å². The maximum Gasteiger partial charge on any atom is 0.274 e. The van der Waals surface area contributed by atoms with Gasteiger partial charge in [0, 0.05) is 24.7 Å². The van der Waals surface area contributed by atoms with Crippen molar-refractivity contribution in [2.75, 3.05) is 7.05 Å². The van der Waals surface area contributed by atoms with Crippen LogP contribution in [0.3, 0.4) is 0 Å². The summed E-state index contributed by atoms with van der Waals surface area (Å²) in [6, 6.07) is 6.42. The van der Waals surface area contributed by atoms with E-state index in [0.29, 0.717) is 5.56 Å². The third kappa shape index (κ3) is 3.82. The molecular formula is C16H23N3O3. The van der Waals surface area contributed by atoms with Crippen LogP contribution >= 0.6 is 0 Å². The molecule has 22 heavy (non-hydrogen) atoms. The van der Waals surface area contributed by atoms with Gasteiger partial charge in [0.1, 0.15) is 0 Å². The average molecular weight is 305 g/mol. The number of nitrogens with zero attached hydrogens (tertiary/aromatic N) is 2. The standard InChI is InChI=1S/C16H23N3O3/c1-18(11-12-7-5-6-10-15(12)19(21)22)16(20)13-8-3-2-4-9-14(13)17/h5-7,10,13-14H,2-4,8-9,11,17H2,1H3/t13-,14-/m1/s1. The van der Waals surface area contributed by atoms with Crippen molar-refractivity contribution in [1.29, 1.82) is 0 Å². The summed E-state index contributed by atoms with van der Waals surface area (Å²) in [7, 11) is 1.69. The number of nitro groups is 1. The van der Waals surface area contributed by atoms with Gasteiger partial charge < -0.3 is 10.6 Å². The molecular weight excluding hydrogens is 282 g/mol. The van der Waals surface area contributed by atoms with Crippen molar-refractivity contribution < 1.29 is 9.72 Å². The third-order valence-electron chi connectivity index (χ3n) is 4.36. The van der Waals surface area contributed by atoms with Crippen LogP contribution in [-0.4, -0.2) is 28.8 Å². The second kappa shape index (κ2) is 7.35. The number of carbonyl (C=O) groups is 1. The molecule has 1 aliphatic rings. The first kappa shape index (κ1) is 16.4. The zero-order valence-electron chi connectivity index (χ0n) is 12.9. The predicted molar refractivity (Wildman–Crippen MR) is 84.1 cm³/mol. The highest BCUT2D eigenvalue weighted by Crippen LogP contribution is 2.25. The number of rotatable bonds is 4. The molecule has 1 amide bonds. The van der Waals surface area contributed by atoms with Crippen LogP contribution in [-0.2, 0) is 11.3 Å². The molecule has 0 aliphatic heterocycles. The summed E-state index contributed by atoms with van der Waals surface area (Å²) in [6.45, 7) is 0.235. The second-order valence-electron chi connectivity index (χ2n) is 5.99. The Bertz CT molecular complexity index is 547. The van der Waals surface area contributed by atoms with Crippen LogP contribution in [0.5, 0.6) is 0 Å². The van der Waals surface area contributed by atoms with Gasteiger partial charge in [-0.2, -0.15) is 0 Å². The fourth-order valence-electron chi connectivity index (χ4n) is 3.08. The van der Waals surface area contributed by atoms with Crippen molar-refractivity contribution in [1.82, 2.24) is 4.90 Å². The quantitative estimate of drug-likeness (QED) is 0.525. The molecule has 1 aromatic rings. The fraction of sp³-hybridized carbons (Fsp3) is 0.562. The van der Waals surface area contributed by atoms with Crippen LogP contribution in [0, 0.1) is 16.0 Å². The van der Waals surface area contributed by atoms with Gasteiger partial charge in [-0.25, -0.2) is 0 Å². The summed E-state index contributed by atoms with van der Waals surface area (Å²) in [5, 5.41) is 11.1. The van der Waals surface area contributed by atoms with Crippen molar-refractivity contribution in [2.24, 2.45) is 11.7 Å². The lowest BCUT2D eigenvalue weighted by Crippen LogP contribution is -2.42.